The van der Waals surface area contributed by atoms with Crippen LogP contribution in [0, 0.1) is 0 Å². The molecule has 0 aliphatic rings. The summed E-state index contributed by atoms with van der Waals surface area (Å²) >= 11 is 0. The first kappa shape index (κ1) is 25.8. The van der Waals surface area contributed by atoms with Crippen molar-refractivity contribution in [3.8, 4) is 11.5 Å². The van der Waals surface area contributed by atoms with E-state index < -0.39 is 28.9 Å². The van der Waals surface area contributed by atoms with Crippen molar-refractivity contribution in [1.82, 2.24) is 0 Å². The second-order valence-electron chi connectivity index (χ2n) is 6.19. The number of nitrogens with one attached hydrogen (secondary N) is 1. The molecule has 2 aromatic carbocycles. The second kappa shape index (κ2) is 10.7. The molecule has 0 bridgehead atoms. The molecule has 0 aliphatic heterocycles. The Labute approximate surface area is 179 Å². The number of anilines is 1. The molecule has 6 nitrogen and oxygen atoms in total. The third kappa shape index (κ3) is 5.90. The third-order valence-corrected chi connectivity index (χ3v) is 4.29. The van der Waals surface area contributed by atoms with Gasteiger partial charge in [0.1, 0.15) is 11.5 Å². The summed E-state index contributed by atoms with van der Waals surface area (Å²) < 4.78 is 55.9. The number of carbonyl (C=O) groups is 2. The number of esters is 1. The van der Waals surface area contributed by atoms with Gasteiger partial charge in [0.15, 0.2) is 11.9 Å². The highest BCUT2D eigenvalue weighted by molar-refractivity contribution is 5.93. The van der Waals surface area contributed by atoms with E-state index in [9.17, 15) is 22.8 Å². The van der Waals surface area contributed by atoms with Gasteiger partial charge >= 0.3 is 12.1 Å². The van der Waals surface area contributed by atoms with Gasteiger partial charge in [-0.05, 0) is 31.2 Å². The predicted molar refractivity (Wildman–Crippen MR) is 111 cm³/mol. The number of rotatable bonds is 7. The van der Waals surface area contributed by atoms with Crippen LogP contribution < -0.4 is 14.8 Å². The molecule has 31 heavy (non-hydrogen) atoms. The first-order chi connectivity index (χ1) is 14.6. The number of halogens is 3. The number of hydrogen-bond acceptors (Lipinski definition) is 6. The Hall–Kier alpha value is -3.23. The lowest BCUT2D eigenvalue weighted by Gasteiger charge is -2.28. The van der Waals surface area contributed by atoms with Crippen LogP contribution in [0.4, 0.5) is 18.9 Å². The van der Waals surface area contributed by atoms with Crippen LogP contribution in [-0.4, -0.2) is 33.5 Å². The van der Waals surface area contributed by atoms with Gasteiger partial charge in [0.25, 0.3) is 0 Å². The van der Waals surface area contributed by atoms with Gasteiger partial charge in [0, 0.05) is 12.6 Å². The Morgan fingerprint density at radius 2 is 1.74 bits per heavy atom. The number of ether oxygens (including phenoxy) is 3. The van der Waals surface area contributed by atoms with Crippen molar-refractivity contribution < 1.29 is 37.0 Å². The standard InChI is InChI=1S/C20H20F3NO5.C2H6/c1-19(11-25,12-6-5-7-13(8-12)27-3)29-17-10-15(20(21,22)23)14(18(26)28-4)9-16(17)24-2;1-2/h5-11,24H,1-4H3;1-2H3. The summed E-state index contributed by atoms with van der Waals surface area (Å²) in [5.41, 5.74) is -3.08. The van der Waals surface area contributed by atoms with Gasteiger partial charge < -0.3 is 19.5 Å². The monoisotopic (exact) mass is 441 g/mol. The highest BCUT2D eigenvalue weighted by atomic mass is 19.4. The van der Waals surface area contributed by atoms with E-state index in [1.807, 2.05) is 13.8 Å². The van der Waals surface area contributed by atoms with Crippen molar-refractivity contribution in [1.29, 1.82) is 0 Å². The second-order valence-corrected chi connectivity index (χ2v) is 6.19. The summed E-state index contributed by atoms with van der Waals surface area (Å²) in [7, 11) is 3.87. The van der Waals surface area contributed by atoms with Crippen LogP contribution in [0.5, 0.6) is 11.5 Å². The molecule has 1 unspecified atom stereocenters. The summed E-state index contributed by atoms with van der Waals surface area (Å²) in [4.78, 5) is 23.7. The molecule has 1 atom stereocenters. The van der Waals surface area contributed by atoms with Gasteiger partial charge in [-0.1, -0.05) is 26.0 Å². The molecule has 0 radical (unpaired) electrons. The lowest BCUT2D eigenvalue weighted by Crippen LogP contribution is -2.32. The van der Waals surface area contributed by atoms with E-state index in [4.69, 9.17) is 9.47 Å². The minimum absolute atomic E-state index is 0.0781. The number of carbonyl (C=O) groups excluding carboxylic acids is 2. The number of hydrogen-bond donors (Lipinski definition) is 1. The van der Waals surface area contributed by atoms with Crippen molar-refractivity contribution >= 4 is 17.9 Å². The third-order valence-electron chi connectivity index (χ3n) is 4.29. The maximum Gasteiger partial charge on any atom is 0.417 e. The summed E-state index contributed by atoms with van der Waals surface area (Å²) in [5, 5.41) is 2.67. The van der Waals surface area contributed by atoms with Crippen molar-refractivity contribution in [3.63, 3.8) is 0 Å². The summed E-state index contributed by atoms with van der Waals surface area (Å²) in [5.74, 6) is -0.957. The average Bonchev–Trinajstić information content (AvgIpc) is 2.78. The van der Waals surface area contributed by atoms with E-state index in [0.29, 0.717) is 23.7 Å². The molecule has 0 heterocycles. The molecule has 170 valence electrons. The number of benzene rings is 2. The molecule has 0 spiro atoms. The van der Waals surface area contributed by atoms with E-state index in [0.717, 1.165) is 13.2 Å². The van der Waals surface area contributed by atoms with Crippen molar-refractivity contribution in [3.05, 3.63) is 53.1 Å². The predicted octanol–water partition coefficient (Wildman–Crippen LogP) is 5.06. The molecule has 0 fully saturated rings. The summed E-state index contributed by atoms with van der Waals surface area (Å²) in [6, 6.07) is 8.05. The zero-order valence-corrected chi connectivity index (χ0v) is 18.2. The maximum absolute atomic E-state index is 13.5. The number of aldehydes is 1. The fourth-order valence-electron chi connectivity index (χ4n) is 2.68. The molecule has 0 saturated carbocycles. The van der Waals surface area contributed by atoms with E-state index in [2.05, 4.69) is 10.1 Å². The molecule has 0 amide bonds. The van der Waals surface area contributed by atoms with E-state index in [1.165, 1.54) is 21.1 Å². The van der Waals surface area contributed by atoms with Gasteiger partial charge in [0.2, 0.25) is 0 Å². The lowest BCUT2D eigenvalue weighted by atomic mass is 9.96. The van der Waals surface area contributed by atoms with Crippen molar-refractivity contribution in [2.24, 2.45) is 0 Å². The Kier molecular flexibility index (Phi) is 8.90. The minimum Gasteiger partial charge on any atom is -0.497 e. The van der Waals surface area contributed by atoms with Gasteiger partial charge in [0.05, 0.1) is 31.0 Å². The number of methoxy groups -OCH3 is 2. The average molecular weight is 441 g/mol. The molecule has 0 saturated heterocycles. The first-order valence-corrected chi connectivity index (χ1v) is 9.40. The van der Waals surface area contributed by atoms with E-state index >= 15 is 0 Å². The Balaban J connectivity index is 0.00000233. The van der Waals surface area contributed by atoms with Gasteiger partial charge in [-0.2, -0.15) is 13.2 Å². The van der Waals surface area contributed by atoms with Crippen LogP contribution in [0.2, 0.25) is 0 Å². The van der Waals surface area contributed by atoms with Gasteiger partial charge in [-0.25, -0.2) is 4.79 Å². The highest BCUT2D eigenvalue weighted by Crippen LogP contribution is 2.40. The Bertz CT molecular complexity index is 915. The Morgan fingerprint density at radius 1 is 1.10 bits per heavy atom. The zero-order chi connectivity index (χ0) is 23.8. The fraction of sp³-hybridized carbons (Fsp3) is 0.364. The SMILES string of the molecule is CC.CNc1cc(C(=O)OC)c(C(F)(F)F)cc1OC(C)(C=O)c1cccc(OC)c1. The molecule has 1 N–H and O–H groups in total. The summed E-state index contributed by atoms with van der Waals surface area (Å²) in [6.07, 6.45) is -4.37. The number of alkyl halides is 3. The lowest BCUT2D eigenvalue weighted by molar-refractivity contribution is -0.138. The molecule has 2 rings (SSSR count). The molecular weight excluding hydrogens is 415 g/mol. The molecule has 0 aromatic heterocycles. The normalized spacial score (nSPS) is 12.5. The summed E-state index contributed by atoms with van der Waals surface area (Å²) in [6.45, 7) is 5.41. The highest BCUT2D eigenvalue weighted by Gasteiger charge is 2.38. The van der Waals surface area contributed by atoms with Crippen LogP contribution >= 0.6 is 0 Å². The Morgan fingerprint density at radius 3 is 2.23 bits per heavy atom. The van der Waals surface area contributed by atoms with E-state index in [1.54, 1.807) is 24.3 Å². The maximum atomic E-state index is 13.5. The molecular formula is C22H26F3NO5. The fourth-order valence-corrected chi connectivity index (χ4v) is 2.68. The van der Waals surface area contributed by atoms with Crippen LogP contribution in [-0.2, 0) is 21.3 Å². The smallest absolute Gasteiger partial charge is 0.417 e. The van der Waals surface area contributed by atoms with Crippen LogP contribution in [0.25, 0.3) is 0 Å². The van der Waals surface area contributed by atoms with Crippen LogP contribution in [0.1, 0.15) is 42.3 Å². The van der Waals surface area contributed by atoms with Crippen LogP contribution in [0.15, 0.2) is 36.4 Å². The van der Waals surface area contributed by atoms with E-state index in [-0.39, 0.29) is 11.4 Å². The first-order valence-electron chi connectivity index (χ1n) is 9.40. The molecule has 0 aliphatic carbocycles. The van der Waals surface area contributed by atoms with Crippen molar-refractivity contribution in [2.75, 3.05) is 26.6 Å². The van der Waals surface area contributed by atoms with Crippen molar-refractivity contribution in [2.45, 2.75) is 32.5 Å². The van der Waals surface area contributed by atoms with Crippen LogP contribution in [0.3, 0.4) is 0 Å². The largest absolute Gasteiger partial charge is 0.497 e. The van der Waals surface area contributed by atoms with Gasteiger partial charge in [-0.15, -0.1) is 0 Å². The zero-order valence-electron chi connectivity index (χ0n) is 18.2. The molecule has 9 heteroatoms. The van der Waals surface area contributed by atoms with Gasteiger partial charge in [-0.3, -0.25) is 4.79 Å². The molecule has 2 aromatic rings. The topological polar surface area (TPSA) is 73.9 Å². The quantitative estimate of drug-likeness (QED) is 0.478. The minimum atomic E-state index is -4.85.